The van der Waals surface area contributed by atoms with E-state index in [4.69, 9.17) is 4.74 Å². The number of carbonyl (C=O) groups excluding carboxylic acids is 1. The smallest absolute Gasteiger partial charge is 0.262 e. The highest BCUT2D eigenvalue weighted by Gasteiger charge is 2.15. The molecule has 27 heavy (non-hydrogen) atoms. The Balaban J connectivity index is 1.91. The van der Waals surface area contributed by atoms with Crippen LogP contribution in [0.5, 0.6) is 5.75 Å². The first kappa shape index (κ1) is 20.8. The van der Waals surface area contributed by atoms with Gasteiger partial charge >= 0.3 is 0 Å². The standard InChI is InChI=1S/C20H26N2O4S/c1-5-22(27(4,24)25)18-10-12-19(13-11-18)26-14-20(23)21-17-8-6-16(7-9-17)15(2)3/h6-13,15H,5,14H2,1-4H3,(H,21,23). The number of anilines is 2. The molecule has 2 rings (SSSR count). The van der Waals surface area contributed by atoms with E-state index in [-0.39, 0.29) is 12.5 Å². The number of ether oxygens (including phenoxy) is 1. The third-order valence-corrected chi connectivity index (χ3v) is 5.31. The zero-order chi connectivity index (χ0) is 20.0. The summed E-state index contributed by atoms with van der Waals surface area (Å²) in [5, 5.41) is 2.79. The Hall–Kier alpha value is -2.54. The van der Waals surface area contributed by atoms with Crippen molar-refractivity contribution in [3.8, 4) is 5.75 Å². The summed E-state index contributed by atoms with van der Waals surface area (Å²) in [4.78, 5) is 12.0. The quantitative estimate of drug-likeness (QED) is 0.747. The van der Waals surface area contributed by atoms with Crippen molar-refractivity contribution in [3.63, 3.8) is 0 Å². The van der Waals surface area contributed by atoms with E-state index in [2.05, 4.69) is 19.2 Å². The van der Waals surface area contributed by atoms with E-state index in [0.29, 0.717) is 23.9 Å². The summed E-state index contributed by atoms with van der Waals surface area (Å²) in [6.07, 6.45) is 1.17. The van der Waals surface area contributed by atoms with Gasteiger partial charge in [0.05, 0.1) is 11.9 Å². The summed E-state index contributed by atoms with van der Waals surface area (Å²) in [6.45, 7) is 6.21. The van der Waals surface area contributed by atoms with E-state index in [0.717, 1.165) is 5.69 Å². The molecule has 0 saturated heterocycles. The summed E-state index contributed by atoms with van der Waals surface area (Å²) >= 11 is 0. The van der Waals surface area contributed by atoms with E-state index in [1.165, 1.54) is 16.1 Å². The Labute approximate surface area is 161 Å². The van der Waals surface area contributed by atoms with Gasteiger partial charge in [0.25, 0.3) is 5.91 Å². The van der Waals surface area contributed by atoms with Crippen LogP contribution in [0.3, 0.4) is 0 Å². The van der Waals surface area contributed by atoms with Crippen LogP contribution in [0, 0.1) is 0 Å². The molecule has 6 nitrogen and oxygen atoms in total. The first-order valence-electron chi connectivity index (χ1n) is 8.81. The number of amides is 1. The number of rotatable bonds is 8. The molecular formula is C20H26N2O4S. The van der Waals surface area contributed by atoms with Crippen LogP contribution in [0.4, 0.5) is 11.4 Å². The molecular weight excluding hydrogens is 364 g/mol. The van der Waals surface area contributed by atoms with Crippen LogP contribution in [0.2, 0.25) is 0 Å². The Morgan fingerprint density at radius 1 is 1.07 bits per heavy atom. The Morgan fingerprint density at radius 2 is 1.67 bits per heavy atom. The van der Waals surface area contributed by atoms with E-state index >= 15 is 0 Å². The SMILES string of the molecule is CCN(c1ccc(OCC(=O)Nc2ccc(C(C)C)cc2)cc1)S(C)(=O)=O. The minimum absolute atomic E-state index is 0.130. The lowest BCUT2D eigenvalue weighted by Crippen LogP contribution is -2.29. The molecule has 0 saturated carbocycles. The molecule has 146 valence electrons. The molecule has 2 aromatic carbocycles. The van der Waals surface area contributed by atoms with Gasteiger partial charge in [-0.1, -0.05) is 26.0 Å². The summed E-state index contributed by atoms with van der Waals surface area (Å²) in [5.74, 6) is 0.670. The minimum Gasteiger partial charge on any atom is -0.484 e. The first-order valence-corrected chi connectivity index (χ1v) is 10.7. The van der Waals surface area contributed by atoms with Crippen LogP contribution < -0.4 is 14.4 Å². The highest BCUT2D eigenvalue weighted by Crippen LogP contribution is 2.21. The predicted octanol–water partition coefficient (Wildman–Crippen LogP) is 3.61. The minimum atomic E-state index is -3.32. The van der Waals surface area contributed by atoms with E-state index < -0.39 is 10.0 Å². The fraction of sp³-hybridized carbons (Fsp3) is 0.350. The van der Waals surface area contributed by atoms with Crippen LogP contribution in [-0.4, -0.2) is 33.7 Å². The molecule has 0 aliphatic carbocycles. The fourth-order valence-corrected chi connectivity index (χ4v) is 3.59. The van der Waals surface area contributed by atoms with Crippen LogP contribution in [0.1, 0.15) is 32.3 Å². The zero-order valence-electron chi connectivity index (χ0n) is 16.1. The number of nitrogens with zero attached hydrogens (tertiary/aromatic N) is 1. The maximum Gasteiger partial charge on any atom is 0.262 e. The molecule has 0 aliphatic rings. The number of nitrogens with one attached hydrogen (secondary N) is 1. The molecule has 7 heteroatoms. The van der Waals surface area contributed by atoms with Crippen molar-refractivity contribution in [3.05, 3.63) is 54.1 Å². The monoisotopic (exact) mass is 390 g/mol. The molecule has 0 unspecified atom stereocenters. The van der Waals surface area contributed by atoms with Gasteiger partial charge in [0.15, 0.2) is 6.61 Å². The van der Waals surface area contributed by atoms with Gasteiger partial charge in [-0.05, 0) is 54.8 Å². The number of benzene rings is 2. The Bertz CT molecular complexity index is 860. The van der Waals surface area contributed by atoms with Crippen molar-refractivity contribution in [2.75, 3.05) is 29.0 Å². The largest absolute Gasteiger partial charge is 0.484 e. The summed E-state index contributed by atoms with van der Waals surface area (Å²) in [6, 6.07) is 14.3. The van der Waals surface area contributed by atoms with Crippen molar-refractivity contribution in [1.82, 2.24) is 0 Å². The second-order valence-corrected chi connectivity index (χ2v) is 8.44. The van der Waals surface area contributed by atoms with Crippen molar-refractivity contribution >= 4 is 27.3 Å². The molecule has 0 heterocycles. The van der Waals surface area contributed by atoms with Crippen LogP contribution in [0.15, 0.2) is 48.5 Å². The molecule has 0 radical (unpaired) electrons. The van der Waals surface area contributed by atoms with Crippen molar-refractivity contribution in [2.45, 2.75) is 26.7 Å². The van der Waals surface area contributed by atoms with Gasteiger partial charge in [-0.2, -0.15) is 0 Å². The van der Waals surface area contributed by atoms with Gasteiger partial charge in [-0.25, -0.2) is 8.42 Å². The number of hydrogen-bond donors (Lipinski definition) is 1. The normalized spacial score (nSPS) is 11.3. The molecule has 0 spiro atoms. The lowest BCUT2D eigenvalue weighted by atomic mass is 10.0. The van der Waals surface area contributed by atoms with E-state index in [1.807, 2.05) is 24.3 Å². The second-order valence-electron chi connectivity index (χ2n) is 6.54. The molecule has 1 amide bonds. The maximum atomic E-state index is 12.0. The lowest BCUT2D eigenvalue weighted by Gasteiger charge is -2.20. The predicted molar refractivity (Wildman–Crippen MR) is 109 cm³/mol. The number of sulfonamides is 1. The molecule has 2 aromatic rings. The van der Waals surface area contributed by atoms with Crippen LogP contribution in [0.25, 0.3) is 0 Å². The third kappa shape index (κ3) is 5.99. The summed E-state index contributed by atoms with van der Waals surface area (Å²) in [5.41, 5.74) is 2.48. The highest BCUT2D eigenvalue weighted by molar-refractivity contribution is 7.92. The van der Waals surface area contributed by atoms with Crippen LogP contribution >= 0.6 is 0 Å². The molecule has 0 atom stereocenters. The molecule has 0 bridgehead atoms. The first-order chi connectivity index (χ1) is 12.7. The zero-order valence-corrected chi connectivity index (χ0v) is 16.9. The van der Waals surface area contributed by atoms with Crippen molar-refractivity contribution < 1.29 is 17.9 Å². The van der Waals surface area contributed by atoms with Crippen LogP contribution in [-0.2, 0) is 14.8 Å². The van der Waals surface area contributed by atoms with Gasteiger partial charge in [0, 0.05) is 12.2 Å². The van der Waals surface area contributed by atoms with Crippen molar-refractivity contribution in [2.24, 2.45) is 0 Å². The third-order valence-electron chi connectivity index (χ3n) is 4.04. The maximum absolute atomic E-state index is 12.0. The van der Waals surface area contributed by atoms with Gasteiger partial charge in [0.1, 0.15) is 5.75 Å². The molecule has 0 aromatic heterocycles. The van der Waals surface area contributed by atoms with Gasteiger partial charge < -0.3 is 10.1 Å². The number of hydrogen-bond acceptors (Lipinski definition) is 4. The average Bonchev–Trinajstić information content (AvgIpc) is 2.61. The lowest BCUT2D eigenvalue weighted by molar-refractivity contribution is -0.118. The fourth-order valence-electron chi connectivity index (χ4n) is 2.61. The molecule has 1 N–H and O–H groups in total. The highest BCUT2D eigenvalue weighted by atomic mass is 32.2. The second kappa shape index (κ2) is 8.90. The van der Waals surface area contributed by atoms with Gasteiger partial charge in [-0.3, -0.25) is 9.10 Å². The van der Waals surface area contributed by atoms with Gasteiger partial charge in [-0.15, -0.1) is 0 Å². The average molecular weight is 391 g/mol. The Kier molecular flexibility index (Phi) is 6.85. The molecule has 0 fully saturated rings. The van der Waals surface area contributed by atoms with Crippen molar-refractivity contribution in [1.29, 1.82) is 0 Å². The topological polar surface area (TPSA) is 75.7 Å². The Morgan fingerprint density at radius 3 is 2.15 bits per heavy atom. The summed E-state index contributed by atoms with van der Waals surface area (Å²) < 4.78 is 30.2. The molecule has 0 aliphatic heterocycles. The van der Waals surface area contributed by atoms with Gasteiger partial charge in [0.2, 0.25) is 10.0 Å². The van der Waals surface area contributed by atoms with E-state index in [1.54, 1.807) is 31.2 Å². The van der Waals surface area contributed by atoms with E-state index in [9.17, 15) is 13.2 Å². The summed E-state index contributed by atoms with van der Waals surface area (Å²) in [7, 11) is -3.32. The number of carbonyl (C=O) groups is 1.